The zero-order valence-corrected chi connectivity index (χ0v) is 13.1. The van der Waals surface area contributed by atoms with Crippen LogP contribution in [0.1, 0.15) is 26.0 Å². The van der Waals surface area contributed by atoms with Gasteiger partial charge in [-0.1, -0.05) is 0 Å². The molecule has 1 aromatic heterocycles. The second-order valence-electron chi connectivity index (χ2n) is 4.58. The molecule has 0 spiro atoms. The van der Waals surface area contributed by atoms with E-state index >= 15 is 0 Å². The highest BCUT2D eigenvalue weighted by Crippen LogP contribution is 2.21. The van der Waals surface area contributed by atoms with E-state index in [1.165, 1.54) is 11.3 Å². The third-order valence-corrected chi connectivity index (χ3v) is 3.78. The Balaban J connectivity index is 2.52. The van der Waals surface area contributed by atoms with Crippen molar-refractivity contribution < 1.29 is 4.79 Å². The van der Waals surface area contributed by atoms with Gasteiger partial charge in [-0.05, 0) is 40.5 Å². The number of nitrogens with one attached hydrogen (secondary N) is 1. The molecule has 0 bridgehead atoms. The molecule has 0 atom stereocenters. The van der Waals surface area contributed by atoms with Crippen molar-refractivity contribution in [3.05, 3.63) is 11.1 Å². The third kappa shape index (κ3) is 5.26. The van der Waals surface area contributed by atoms with Crippen LogP contribution in [0.5, 0.6) is 0 Å². The number of thiazole rings is 1. The smallest absolute Gasteiger partial charge is 0.225 e. The van der Waals surface area contributed by atoms with Gasteiger partial charge in [0.1, 0.15) is 0 Å². The fourth-order valence-electron chi connectivity index (χ4n) is 1.87. The zero-order chi connectivity index (χ0) is 14.3. The highest BCUT2D eigenvalue weighted by atomic mass is 32.1. The highest BCUT2D eigenvalue weighted by molar-refractivity contribution is 7.14. The summed E-state index contributed by atoms with van der Waals surface area (Å²) < 4.78 is 0. The van der Waals surface area contributed by atoms with Gasteiger partial charge in [0.2, 0.25) is 5.91 Å². The molecule has 0 aliphatic carbocycles. The summed E-state index contributed by atoms with van der Waals surface area (Å²) in [6, 6.07) is 0. The van der Waals surface area contributed by atoms with Crippen LogP contribution in [-0.4, -0.2) is 49.5 Å². The maximum absolute atomic E-state index is 11.5. The van der Waals surface area contributed by atoms with Crippen molar-refractivity contribution in [2.75, 3.05) is 38.6 Å². The number of nitrogens with zero attached hydrogens (tertiary/aromatic N) is 3. The van der Waals surface area contributed by atoms with Crippen molar-refractivity contribution in [1.82, 2.24) is 15.2 Å². The van der Waals surface area contributed by atoms with Crippen molar-refractivity contribution in [2.45, 2.75) is 26.8 Å². The van der Waals surface area contributed by atoms with Crippen LogP contribution in [0.3, 0.4) is 0 Å². The van der Waals surface area contributed by atoms with Crippen molar-refractivity contribution in [3.63, 3.8) is 0 Å². The number of carbonyl (C=O) groups is 1. The van der Waals surface area contributed by atoms with E-state index in [-0.39, 0.29) is 5.91 Å². The van der Waals surface area contributed by atoms with E-state index in [2.05, 4.69) is 22.2 Å². The van der Waals surface area contributed by atoms with Crippen molar-refractivity contribution in [1.29, 1.82) is 0 Å². The van der Waals surface area contributed by atoms with E-state index in [0.29, 0.717) is 6.54 Å². The van der Waals surface area contributed by atoms with Crippen LogP contribution in [0.2, 0.25) is 0 Å². The van der Waals surface area contributed by atoms with Crippen molar-refractivity contribution >= 4 is 22.4 Å². The fraction of sp³-hybridized carbons (Fsp3) is 0.692. The monoisotopic (exact) mass is 284 g/mol. The SMILES string of the molecule is CCN(C(C)=O)c1nc(CN(C)CCCNC)cs1. The molecule has 1 rings (SSSR count). The lowest BCUT2D eigenvalue weighted by atomic mass is 10.3. The summed E-state index contributed by atoms with van der Waals surface area (Å²) in [4.78, 5) is 19.9. The number of anilines is 1. The topological polar surface area (TPSA) is 48.5 Å². The second-order valence-corrected chi connectivity index (χ2v) is 5.42. The molecule has 6 heteroatoms. The number of hydrogen-bond donors (Lipinski definition) is 1. The van der Waals surface area contributed by atoms with Crippen LogP contribution in [0.15, 0.2) is 5.38 Å². The number of hydrogen-bond acceptors (Lipinski definition) is 5. The summed E-state index contributed by atoms with van der Waals surface area (Å²) >= 11 is 1.54. The summed E-state index contributed by atoms with van der Waals surface area (Å²) in [6.07, 6.45) is 1.12. The molecule has 0 fully saturated rings. The van der Waals surface area contributed by atoms with E-state index in [9.17, 15) is 4.79 Å². The van der Waals surface area contributed by atoms with Gasteiger partial charge in [-0.2, -0.15) is 0 Å². The molecular formula is C13H24N4OS. The Labute approximate surface area is 119 Å². The summed E-state index contributed by atoms with van der Waals surface area (Å²) in [6.45, 7) is 7.11. The Hall–Kier alpha value is -0.980. The van der Waals surface area contributed by atoms with Crippen LogP contribution in [0.4, 0.5) is 5.13 Å². The summed E-state index contributed by atoms with van der Waals surface area (Å²) in [7, 11) is 4.06. The lowest BCUT2D eigenvalue weighted by molar-refractivity contribution is -0.116. The molecule has 1 aromatic rings. The standard InChI is InChI=1S/C13H24N4OS/c1-5-17(11(2)18)13-15-12(10-19-13)9-16(4)8-6-7-14-3/h10,14H,5-9H2,1-4H3. The van der Waals surface area contributed by atoms with Gasteiger partial charge in [-0.25, -0.2) is 4.98 Å². The predicted octanol–water partition coefficient (Wildman–Crippen LogP) is 1.56. The minimum atomic E-state index is 0.0470. The third-order valence-electron chi connectivity index (χ3n) is 2.87. The Bertz CT molecular complexity index is 394. The Morgan fingerprint density at radius 1 is 1.53 bits per heavy atom. The van der Waals surface area contributed by atoms with Gasteiger partial charge in [0.25, 0.3) is 0 Å². The number of aromatic nitrogens is 1. The van der Waals surface area contributed by atoms with Crippen LogP contribution >= 0.6 is 11.3 Å². The van der Waals surface area contributed by atoms with Gasteiger partial charge >= 0.3 is 0 Å². The van der Waals surface area contributed by atoms with Gasteiger partial charge in [0.15, 0.2) is 5.13 Å². The Kier molecular flexibility index (Phi) is 6.97. The molecule has 0 saturated heterocycles. The molecule has 0 aromatic carbocycles. The normalized spacial score (nSPS) is 11.0. The molecule has 108 valence electrons. The first-order chi connectivity index (χ1) is 9.08. The van der Waals surface area contributed by atoms with E-state index in [1.807, 2.05) is 19.4 Å². The molecule has 19 heavy (non-hydrogen) atoms. The summed E-state index contributed by atoms with van der Waals surface area (Å²) in [5, 5.41) is 5.98. The van der Waals surface area contributed by atoms with Crippen LogP contribution in [0, 0.1) is 0 Å². The molecule has 0 aliphatic rings. The number of carbonyl (C=O) groups excluding carboxylic acids is 1. The average Bonchev–Trinajstić information content (AvgIpc) is 2.78. The number of rotatable bonds is 8. The molecular weight excluding hydrogens is 260 g/mol. The average molecular weight is 284 g/mol. The molecule has 5 nitrogen and oxygen atoms in total. The molecule has 0 aliphatic heterocycles. The van der Waals surface area contributed by atoms with Crippen molar-refractivity contribution in [2.24, 2.45) is 0 Å². The van der Waals surface area contributed by atoms with Crippen LogP contribution < -0.4 is 10.2 Å². The van der Waals surface area contributed by atoms with E-state index in [4.69, 9.17) is 0 Å². The van der Waals surface area contributed by atoms with E-state index in [1.54, 1.807) is 11.8 Å². The first kappa shape index (κ1) is 16.1. The van der Waals surface area contributed by atoms with Gasteiger partial charge in [0.05, 0.1) is 5.69 Å². The minimum Gasteiger partial charge on any atom is -0.320 e. The maximum atomic E-state index is 11.5. The first-order valence-corrected chi connectivity index (χ1v) is 7.52. The van der Waals surface area contributed by atoms with E-state index < -0.39 is 0 Å². The molecule has 1 heterocycles. The van der Waals surface area contributed by atoms with Crippen molar-refractivity contribution in [3.8, 4) is 0 Å². The lowest BCUT2D eigenvalue weighted by Crippen LogP contribution is -2.28. The van der Waals surface area contributed by atoms with Gasteiger partial charge in [-0.15, -0.1) is 11.3 Å². The zero-order valence-electron chi connectivity index (χ0n) is 12.3. The van der Waals surface area contributed by atoms with Gasteiger partial charge < -0.3 is 10.2 Å². The molecule has 0 unspecified atom stereocenters. The Morgan fingerprint density at radius 3 is 2.84 bits per heavy atom. The second kappa shape index (κ2) is 8.24. The molecule has 0 radical (unpaired) electrons. The van der Waals surface area contributed by atoms with E-state index in [0.717, 1.165) is 36.9 Å². The Morgan fingerprint density at radius 2 is 2.26 bits per heavy atom. The van der Waals surface area contributed by atoms with Crippen LogP contribution in [-0.2, 0) is 11.3 Å². The minimum absolute atomic E-state index is 0.0470. The predicted molar refractivity (Wildman–Crippen MR) is 80.7 cm³/mol. The maximum Gasteiger partial charge on any atom is 0.225 e. The largest absolute Gasteiger partial charge is 0.320 e. The number of amides is 1. The summed E-state index contributed by atoms with van der Waals surface area (Å²) in [5.74, 6) is 0.0470. The summed E-state index contributed by atoms with van der Waals surface area (Å²) in [5.41, 5.74) is 1.03. The lowest BCUT2D eigenvalue weighted by Gasteiger charge is -2.16. The molecule has 1 amide bonds. The fourth-order valence-corrected chi connectivity index (χ4v) is 2.79. The molecule has 1 N–H and O–H groups in total. The van der Waals surface area contributed by atoms with Gasteiger partial charge in [-0.3, -0.25) is 9.69 Å². The quantitative estimate of drug-likeness (QED) is 0.736. The highest BCUT2D eigenvalue weighted by Gasteiger charge is 2.13. The molecule has 0 saturated carbocycles. The van der Waals surface area contributed by atoms with Crippen LogP contribution in [0.25, 0.3) is 0 Å². The first-order valence-electron chi connectivity index (χ1n) is 6.64. The van der Waals surface area contributed by atoms with Gasteiger partial charge in [0, 0.05) is 25.4 Å².